The molecule has 0 fully saturated rings. The largest absolute Gasteiger partial charge is 0.396 e. The van der Waals surface area contributed by atoms with E-state index in [0.717, 1.165) is 35.3 Å². The van der Waals surface area contributed by atoms with Crippen molar-refractivity contribution in [1.82, 2.24) is 5.32 Å². The van der Waals surface area contributed by atoms with Gasteiger partial charge in [-0.3, -0.25) is 4.79 Å². The van der Waals surface area contributed by atoms with Crippen LogP contribution < -0.4 is 5.32 Å². The molecule has 4 heteroatoms. The number of thioether (sulfide) groups is 1. The third kappa shape index (κ3) is 4.75. The minimum absolute atomic E-state index is 0.00453. The lowest BCUT2D eigenvalue weighted by Gasteiger charge is -2.31. The van der Waals surface area contributed by atoms with Gasteiger partial charge < -0.3 is 10.4 Å². The van der Waals surface area contributed by atoms with Crippen molar-refractivity contribution in [1.29, 1.82) is 0 Å². The van der Waals surface area contributed by atoms with Crippen LogP contribution in [-0.4, -0.2) is 30.4 Å². The van der Waals surface area contributed by atoms with Crippen molar-refractivity contribution in [2.45, 2.75) is 44.9 Å². The number of aliphatic hydroxyl groups excluding tert-OH is 1. The van der Waals surface area contributed by atoms with Crippen LogP contribution in [0.1, 0.15) is 49.0 Å². The Morgan fingerprint density at radius 3 is 2.52 bits per heavy atom. The van der Waals surface area contributed by atoms with Crippen molar-refractivity contribution in [3.63, 3.8) is 0 Å². The fraction of sp³-hybridized carbons (Fsp3) is 0.588. The summed E-state index contributed by atoms with van der Waals surface area (Å²) in [5.74, 6) is -0.0207. The number of nitrogens with one attached hydrogen (secondary N) is 1. The Bertz CT molecular complexity index is 470. The Morgan fingerprint density at radius 2 is 2.00 bits per heavy atom. The topological polar surface area (TPSA) is 49.3 Å². The zero-order chi connectivity index (χ0) is 15.9. The van der Waals surface area contributed by atoms with Crippen molar-refractivity contribution in [3.05, 3.63) is 29.3 Å². The van der Waals surface area contributed by atoms with Crippen LogP contribution in [0.5, 0.6) is 0 Å². The molecule has 1 aromatic rings. The second-order valence-corrected chi connectivity index (χ2v) is 6.42. The number of benzene rings is 1. The van der Waals surface area contributed by atoms with Gasteiger partial charge in [-0.1, -0.05) is 19.9 Å². The molecule has 0 unspecified atom stereocenters. The van der Waals surface area contributed by atoms with E-state index in [4.69, 9.17) is 0 Å². The van der Waals surface area contributed by atoms with Gasteiger partial charge in [0.2, 0.25) is 0 Å². The number of carbonyl (C=O) groups excluding carboxylic acids is 1. The van der Waals surface area contributed by atoms with Crippen LogP contribution in [0.2, 0.25) is 0 Å². The summed E-state index contributed by atoms with van der Waals surface area (Å²) in [7, 11) is 0. The number of hydrogen-bond donors (Lipinski definition) is 2. The quantitative estimate of drug-likeness (QED) is 0.721. The van der Waals surface area contributed by atoms with Gasteiger partial charge in [-0.15, -0.1) is 11.8 Å². The van der Waals surface area contributed by atoms with Gasteiger partial charge in [0.1, 0.15) is 0 Å². The number of aryl methyl sites for hydroxylation is 1. The van der Waals surface area contributed by atoms with E-state index in [1.54, 1.807) is 11.8 Å². The second kappa shape index (κ2) is 8.44. The standard InChI is InChI=1S/C17H27NO2S/c1-5-17(6-2,9-10-19)12-18-16(20)15-11-14(21-4)8-7-13(15)3/h7-8,11,19H,5-6,9-10,12H2,1-4H3,(H,18,20). The number of carbonyl (C=O) groups is 1. The van der Waals surface area contributed by atoms with E-state index < -0.39 is 0 Å². The van der Waals surface area contributed by atoms with Crippen LogP contribution in [0, 0.1) is 12.3 Å². The minimum atomic E-state index is -0.0207. The third-order valence-corrected chi connectivity index (χ3v) is 5.18. The molecule has 0 aromatic heterocycles. The molecule has 1 amide bonds. The van der Waals surface area contributed by atoms with Crippen LogP contribution in [0.3, 0.4) is 0 Å². The van der Waals surface area contributed by atoms with Gasteiger partial charge in [-0.05, 0) is 55.6 Å². The lowest BCUT2D eigenvalue weighted by Crippen LogP contribution is -2.37. The fourth-order valence-corrected chi connectivity index (χ4v) is 2.95. The Hall–Kier alpha value is -1.00. The SMILES string of the molecule is CCC(CC)(CCO)CNC(=O)c1cc(SC)ccc1C. The normalized spacial score (nSPS) is 11.5. The molecule has 0 aliphatic rings. The molecule has 1 rings (SSSR count). The first-order chi connectivity index (χ1) is 10.0. The zero-order valence-corrected chi connectivity index (χ0v) is 14.3. The molecule has 1 aromatic carbocycles. The van der Waals surface area contributed by atoms with Crippen LogP contribution in [0.25, 0.3) is 0 Å². The molecule has 0 saturated carbocycles. The molecular formula is C17H27NO2S. The summed E-state index contributed by atoms with van der Waals surface area (Å²) in [6.07, 6.45) is 4.64. The summed E-state index contributed by atoms with van der Waals surface area (Å²) >= 11 is 1.64. The summed E-state index contributed by atoms with van der Waals surface area (Å²) < 4.78 is 0. The number of rotatable bonds is 8. The van der Waals surface area contributed by atoms with Crippen molar-refractivity contribution in [2.24, 2.45) is 5.41 Å². The smallest absolute Gasteiger partial charge is 0.251 e. The molecule has 21 heavy (non-hydrogen) atoms. The number of aliphatic hydroxyl groups is 1. The Balaban J connectivity index is 2.81. The van der Waals surface area contributed by atoms with Crippen LogP contribution in [0.4, 0.5) is 0 Å². The summed E-state index contributed by atoms with van der Waals surface area (Å²) in [5.41, 5.74) is 1.73. The predicted octanol–water partition coefficient (Wildman–Crippen LogP) is 3.64. The van der Waals surface area contributed by atoms with Crippen LogP contribution in [-0.2, 0) is 0 Å². The van der Waals surface area contributed by atoms with E-state index in [1.807, 2.05) is 31.4 Å². The van der Waals surface area contributed by atoms with E-state index in [-0.39, 0.29) is 17.9 Å². The predicted molar refractivity (Wildman–Crippen MR) is 90.0 cm³/mol. The molecule has 0 radical (unpaired) electrons. The van der Waals surface area contributed by atoms with Gasteiger partial charge in [0.15, 0.2) is 0 Å². The Kier molecular flexibility index (Phi) is 7.26. The van der Waals surface area contributed by atoms with E-state index in [0.29, 0.717) is 6.54 Å². The highest BCUT2D eigenvalue weighted by Crippen LogP contribution is 2.29. The maximum atomic E-state index is 12.4. The molecule has 0 heterocycles. The molecule has 3 nitrogen and oxygen atoms in total. The first kappa shape index (κ1) is 18.1. The third-order valence-electron chi connectivity index (χ3n) is 4.46. The molecule has 118 valence electrons. The van der Waals surface area contributed by atoms with Crippen molar-refractivity contribution in [2.75, 3.05) is 19.4 Å². The molecule has 0 aliphatic carbocycles. The Labute approximate surface area is 132 Å². The van der Waals surface area contributed by atoms with E-state index in [2.05, 4.69) is 19.2 Å². The van der Waals surface area contributed by atoms with E-state index in [1.165, 1.54) is 0 Å². The molecule has 0 atom stereocenters. The van der Waals surface area contributed by atoms with Crippen molar-refractivity contribution < 1.29 is 9.90 Å². The average Bonchev–Trinajstić information content (AvgIpc) is 2.51. The van der Waals surface area contributed by atoms with Gasteiger partial charge in [0.25, 0.3) is 5.91 Å². The molecule has 0 saturated heterocycles. The highest BCUT2D eigenvalue weighted by Gasteiger charge is 2.26. The van der Waals surface area contributed by atoms with E-state index >= 15 is 0 Å². The molecule has 2 N–H and O–H groups in total. The lowest BCUT2D eigenvalue weighted by molar-refractivity contribution is 0.0906. The number of hydrogen-bond acceptors (Lipinski definition) is 3. The van der Waals surface area contributed by atoms with Gasteiger partial charge in [0, 0.05) is 23.6 Å². The van der Waals surface area contributed by atoms with Crippen LogP contribution >= 0.6 is 11.8 Å². The van der Waals surface area contributed by atoms with Gasteiger partial charge in [-0.25, -0.2) is 0 Å². The highest BCUT2D eigenvalue weighted by molar-refractivity contribution is 7.98. The second-order valence-electron chi connectivity index (χ2n) is 5.54. The van der Waals surface area contributed by atoms with Crippen LogP contribution in [0.15, 0.2) is 23.1 Å². The van der Waals surface area contributed by atoms with Crippen molar-refractivity contribution in [3.8, 4) is 0 Å². The summed E-state index contributed by atoms with van der Waals surface area (Å²) in [5, 5.41) is 12.3. The van der Waals surface area contributed by atoms with Crippen molar-refractivity contribution >= 4 is 17.7 Å². The maximum Gasteiger partial charge on any atom is 0.251 e. The van der Waals surface area contributed by atoms with E-state index in [9.17, 15) is 9.90 Å². The molecule has 0 bridgehead atoms. The Morgan fingerprint density at radius 1 is 1.33 bits per heavy atom. The number of amides is 1. The first-order valence-electron chi connectivity index (χ1n) is 7.55. The first-order valence-corrected chi connectivity index (χ1v) is 8.78. The zero-order valence-electron chi connectivity index (χ0n) is 13.5. The highest BCUT2D eigenvalue weighted by atomic mass is 32.2. The van der Waals surface area contributed by atoms with Gasteiger partial charge in [0.05, 0.1) is 0 Å². The summed E-state index contributed by atoms with van der Waals surface area (Å²) in [6.45, 7) is 6.97. The summed E-state index contributed by atoms with van der Waals surface area (Å²) in [6, 6.07) is 5.97. The minimum Gasteiger partial charge on any atom is -0.396 e. The van der Waals surface area contributed by atoms with Gasteiger partial charge >= 0.3 is 0 Å². The molecular weight excluding hydrogens is 282 g/mol. The maximum absolute atomic E-state index is 12.4. The monoisotopic (exact) mass is 309 g/mol. The molecule has 0 spiro atoms. The molecule has 0 aliphatic heterocycles. The van der Waals surface area contributed by atoms with Gasteiger partial charge in [-0.2, -0.15) is 0 Å². The average molecular weight is 309 g/mol. The fourth-order valence-electron chi connectivity index (χ4n) is 2.51. The lowest BCUT2D eigenvalue weighted by atomic mass is 9.79. The summed E-state index contributed by atoms with van der Waals surface area (Å²) in [4.78, 5) is 13.5.